The molecule has 8 nitrogen and oxygen atoms in total. The molecule has 24 heavy (non-hydrogen) atoms. The standard InChI is InChI=1S/C16H19N3O5/c1-10-4-7-14(24-10)16(2,21)9-18-12-6-5-11(15(20)17-3)8-13(12)19(22)23/h4-8,18,21H,9H2,1-3H3,(H,17,20). The van der Waals surface area contributed by atoms with Crippen molar-refractivity contribution in [1.82, 2.24) is 5.32 Å². The minimum atomic E-state index is -1.35. The molecule has 0 aliphatic rings. The maximum Gasteiger partial charge on any atom is 0.293 e. The normalized spacial score (nSPS) is 13.2. The van der Waals surface area contributed by atoms with Crippen LogP contribution >= 0.6 is 0 Å². The van der Waals surface area contributed by atoms with Crippen LogP contribution in [-0.2, 0) is 5.60 Å². The quantitative estimate of drug-likeness (QED) is 0.551. The van der Waals surface area contributed by atoms with Gasteiger partial charge in [0.05, 0.1) is 11.5 Å². The fourth-order valence-corrected chi connectivity index (χ4v) is 2.20. The first kappa shape index (κ1) is 17.5. The number of hydrogen-bond donors (Lipinski definition) is 3. The van der Waals surface area contributed by atoms with Gasteiger partial charge in [0, 0.05) is 18.7 Å². The molecule has 1 heterocycles. The number of aryl methyl sites for hydroxylation is 1. The lowest BCUT2D eigenvalue weighted by Crippen LogP contribution is -2.30. The highest BCUT2D eigenvalue weighted by atomic mass is 16.6. The lowest BCUT2D eigenvalue weighted by atomic mass is 10.0. The third-order valence-corrected chi connectivity index (χ3v) is 3.58. The van der Waals surface area contributed by atoms with Crippen molar-refractivity contribution >= 4 is 17.3 Å². The van der Waals surface area contributed by atoms with Crippen LogP contribution < -0.4 is 10.6 Å². The van der Waals surface area contributed by atoms with E-state index in [2.05, 4.69) is 10.6 Å². The SMILES string of the molecule is CNC(=O)c1ccc(NCC(C)(O)c2ccc(C)o2)c([N+](=O)[O-])c1. The van der Waals surface area contributed by atoms with Gasteiger partial charge in [-0.1, -0.05) is 0 Å². The molecule has 2 aromatic rings. The number of rotatable bonds is 6. The summed E-state index contributed by atoms with van der Waals surface area (Å²) in [6.45, 7) is 3.30. The summed E-state index contributed by atoms with van der Waals surface area (Å²) >= 11 is 0. The van der Waals surface area contributed by atoms with Crippen molar-refractivity contribution in [3.8, 4) is 0 Å². The van der Waals surface area contributed by atoms with Crippen LogP contribution in [0.5, 0.6) is 0 Å². The van der Waals surface area contributed by atoms with Gasteiger partial charge in [0.25, 0.3) is 11.6 Å². The fourth-order valence-electron chi connectivity index (χ4n) is 2.20. The van der Waals surface area contributed by atoms with Crippen LogP contribution in [0.2, 0.25) is 0 Å². The van der Waals surface area contributed by atoms with Crippen LogP contribution in [0, 0.1) is 17.0 Å². The number of benzene rings is 1. The van der Waals surface area contributed by atoms with Gasteiger partial charge in [0.2, 0.25) is 0 Å². The zero-order valence-electron chi connectivity index (χ0n) is 13.6. The second-order valence-electron chi connectivity index (χ2n) is 5.61. The number of hydrogen-bond acceptors (Lipinski definition) is 6. The molecular weight excluding hydrogens is 314 g/mol. The summed E-state index contributed by atoms with van der Waals surface area (Å²) in [6.07, 6.45) is 0. The summed E-state index contributed by atoms with van der Waals surface area (Å²) in [6, 6.07) is 7.48. The second-order valence-corrected chi connectivity index (χ2v) is 5.61. The summed E-state index contributed by atoms with van der Waals surface area (Å²) < 4.78 is 5.40. The van der Waals surface area contributed by atoms with Gasteiger partial charge < -0.3 is 20.2 Å². The van der Waals surface area contributed by atoms with Crippen LogP contribution in [0.1, 0.15) is 28.8 Å². The second kappa shape index (κ2) is 6.71. The van der Waals surface area contributed by atoms with Crippen LogP contribution in [0.15, 0.2) is 34.7 Å². The van der Waals surface area contributed by atoms with Crippen molar-refractivity contribution in [2.45, 2.75) is 19.4 Å². The molecule has 0 saturated carbocycles. The van der Waals surface area contributed by atoms with Crippen molar-refractivity contribution in [3.05, 3.63) is 57.5 Å². The van der Waals surface area contributed by atoms with E-state index in [1.165, 1.54) is 25.2 Å². The maximum atomic E-state index is 11.6. The highest BCUT2D eigenvalue weighted by Crippen LogP contribution is 2.28. The molecule has 0 fully saturated rings. The Bertz CT molecular complexity index is 767. The van der Waals surface area contributed by atoms with Gasteiger partial charge in [-0.2, -0.15) is 0 Å². The third-order valence-electron chi connectivity index (χ3n) is 3.58. The van der Waals surface area contributed by atoms with Crippen LogP contribution in [0.4, 0.5) is 11.4 Å². The lowest BCUT2D eigenvalue weighted by molar-refractivity contribution is -0.384. The Morgan fingerprint density at radius 2 is 2.08 bits per heavy atom. The Morgan fingerprint density at radius 1 is 1.38 bits per heavy atom. The molecule has 3 N–H and O–H groups in total. The minimum Gasteiger partial charge on any atom is -0.463 e. The van der Waals surface area contributed by atoms with E-state index >= 15 is 0 Å². The highest BCUT2D eigenvalue weighted by molar-refractivity contribution is 5.95. The first-order valence-corrected chi connectivity index (χ1v) is 7.28. The van der Waals surface area contributed by atoms with Crippen molar-refractivity contribution < 1.29 is 19.2 Å². The van der Waals surface area contributed by atoms with E-state index in [0.717, 1.165) is 0 Å². The summed E-state index contributed by atoms with van der Waals surface area (Å²) in [5, 5.41) is 27.0. The number of carbonyl (C=O) groups is 1. The Labute approximate surface area is 138 Å². The molecule has 0 radical (unpaired) electrons. The van der Waals surface area contributed by atoms with E-state index < -0.39 is 16.4 Å². The highest BCUT2D eigenvalue weighted by Gasteiger charge is 2.28. The van der Waals surface area contributed by atoms with E-state index in [1.54, 1.807) is 26.0 Å². The Balaban J connectivity index is 2.23. The molecule has 1 aromatic carbocycles. The molecule has 0 saturated heterocycles. The van der Waals surface area contributed by atoms with Crippen molar-refractivity contribution in [3.63, 3.8) is 0 Å². The number of amides is 1. The van der Waals surface area contributed by atoms with E-state index in [9.17, 15) is 20.0 Å². The summed E-state index contributed by atoms with van der Waals surface area (Å²) in [7, 11) is 1.45. The third kappa shape index (κ3) is 3.72. The maximum absolute atomic E-state index is 11.6. The molecule has 0 aliphatic heterocycles. The van der Waals surface area contributed by atoms with Crippen LogP contribution in [0.25, 0.3) is 0 Å². The zero-order chi connectivity index (χ0) is 17.9. The van der Waals surface area contributed by atoms with Crippen molar-refractivity contribution in [2.24, 2.45) is 0 Å². The molecule has 1 atom stereocenters. The first-order chi connectivity index (χ1) is 11.2. The number of aliphatic hydroxyl groups is 1. The Hall–Kier alpha value is -2.87. The number of nitrogens with one attached hydrogen (secondary N) is 2. The zero-order valence-corrected chi connectivity index (χ0v) is 13.6. The van der Waals surface area contributed by atoms with Gasteiger partial charge >= 0.3 is 0 Å². The molecule has 1 unspecified atom stereocenters. The Kier molecular flexibility index (Phi) is 4.89. The smallest absolute Gasteiger partial charge is 0.293 e. The van der Waals surface area contributed by atoms with Gasteiger partial charge in [0.1, 0.15) is 22.8 Å². The predicted octanol–water partition coefficient (Wildman–Crippen LogP) is 2.18. The van der Waals surface area contributed by atoms with Gasteiger partial charge in [0.15, 0.2) is 0 Å². The number of furan rings is 1. The van der Waals surface area contributed by atoms with E-state index in [-0.39, 0.29) is 23.5 Å². The average Bonchev–Trinajstić information content (AvgIpc) is 2.99. The van der Waals surface area contributed by atoms with E-state index in [4.69, 9.17) is 4.42 Å². The largest absolute Gasteiger partial charge is 0.463 e. The number of nitro groups is 1. The predicted molar refractivity (Wildman–Crippen MR) is 88.0 cm³/mol. The van der Waals surface area contributed by atoms with E-state index in [0.29, 0.717) is 11.5 Å². The average molecular weight is 333 g/mol. The van der Waals surface area contributed by atoms with Gasteiger partial charge in [-0.05, 0) is 38.1 Å². The molecular formula is C16H19N3O5. The number of carbonyl (C=O) groups excluding carboxylic acids is 1. The molecule has 1 amide bonds. The summed E-state index contributed by atoms with van der Waals surface area (Å²) in [5.74, 6) is 0.603. The molecule has 2 rings (SSSR count). The first-order valence-electron chi connectivity index (χ1n) is 7.28. The molecule has 0 aliphatic carbocycles. The lowest BCUT2D eigenvalue weighted by Gasteiger charge is -2.22. The minimum absolute atomic E-state index is 0.000113. The number of nitrogens with zero attached hydrogens (tertiary/aromatic N) is 1. The number of anilines is 1. The van der Waals surface area contributed by atoms with Gasteiger partial charge in [-0.25, -0.2) is 0 Å². The topological polar surface area (TPSA) is 118 Å². The van der Waals surface area contributed by atoms with Gasteiger partial charge in [-0.15, -0.1) is 0 Å². The molecule has 128 valence electrons. The van der Waals surface area contributed by atoms with Gasteiger partial charge in [-0.3, -0.25) is 14.9 Å². The molecule has 0 bridgehead atoms. The van der Waals surface area contributed by atoms with Crippen molar-refractivity contribution in [2.75, 3.05) is 18.9 Å². The van der Waals surface area contributed by atoms with E-state index in [1.807, 2.05) is 0 Å². The monoisotopic (exact) mass is 333 g/mol. The van der Waals surface area contributed by atoms with Crippen LogP contribution in [0.3, 0.4) is 0 Å². The molecule has 0 spiro atoms. The van der Waals surface area contributed by atoms with Crippen LogP contribution in [-0.4, -0.2) is 29.5 Å². The summed E-state index contributed by atoms with van der Waals surface area (Å²) in [4.78, 5) is 22.3. The molecule has 8 heteroatoms. The van der Waals surface area contributed by atoms with Crippen molar-refractivity contribution in [1.29, 1.82) is 0 Å². The fraction of sp³-hybridized carbons (Fsp3) is 0.312. The molecule has 1 aromatic heterocycles. The Morgan fingerprint density at radius 3 is 2.62 bits per heavy atom. The number of nitro benzene ring substituents is 1. The summed E-state index contributed by atoms with van der Waals surface area (Å²) in [5.41, 5.74) is -1.20.